The lowest BCUT2D eigenvalue weighted by Crippen LogP contribution is -2.35. The van der Waals surface area contributed by atoms with Crippen LogP contribution in [-0.2, 0) is 32.7 Å². The number of phosphoric ester groups is 1. The number of aliphatic carboxylic acids is 1. The molecule has 0 amide bonds. The first kappa shape index (κ1) is 36.7. The van der Waals surface area contributed by atoms with Gasteiger partial charge in [0.1, 0.15) is 18.8 Å². The smallest absolute Gasteiger partial charge is 0.472 e. The highest BCUT2D eigenvalue weighted by Crippen LogP contribution is 2.44. The Morgan fingerprint density at radius 1 is 0.842 bits per heavy atom. The van der Waals surface area contributed by atoms with Crippen LogP contribution in [0.5, 0.6) is 0 Å². The number of hydrogen-bond acceptors (Lipinski definition) is 8. The number of carboxylic acid groups (broad SMARTS) is 1. The molecule has 10 nitrogen and oxygen atoms in total. The Labute approximate surface area is 229 Å². The van der Waals surface area contributed by atoms with Crippen LogP contribution >= 0.6 is 7.82 Å². The third kappa shape index (κ3) is 23.8. The molecule has 0 bridgehead atoms. The monoisotopic (exact) mass is 565 g/mol. The van der Waals surface area contributed by atoms with Gasteiger partial charge in [0, 0.05) is 13.0 Å². The molecule has 0 aliphatic rings. The number of hydrogen-bond donors (Lipinski definition) is 3. The number of carbonyl (C=O) groups excluding carboxylic acids is 1. The summed E-state index contributed by atoms with van der Waals surface area (Å²) < 4.78 is 32.3. The maximum absolute atomic E-state index is 12.1. The van der Waals surface area contributed by atoms with Crippen LogP contribution in [0, 0.1) is 0 Å². The van der Waals surface area contributed by atoms with Gasteiger partial charge in [0.25, 0.3) is 0 Å². The largest absolute Gasteiger partial charge is 0.480 e. The van der Waals surface area contributed by atoms with E-state index >= 15 is 0 Å². The number of carboxylic acids is 1. The van der Waals surface area contributed by atoms with Crippen molar-refractivity contribution in [2.45, 2.75) is 122 Å². The summed E-state index contributed by atoms with van der Waals surface area (Å²) >= 11 is 0. The molecule has 0 aromatic carbocycles. The molecule has 0 aliphatic carbocycles. The van der Waals surface area contributed by atoms with Gasteiger partial charge in [-0.3, -0.25) is 18.6 Å². The number of unbranched alkanes of at least 4 members (excludes halogenated alkanes) is 11. The van der Waals surface area contributed by atoms with Crippen molar-refractivity contribution in [2.75, 3.05) is 26.4 Å². The quantitative estimate of drug-likeness (QED) is 0.0474. The maximum Gasteiger partial charge on any atom is 0.472 e. The zero-order chi connectivity index (χ0) is 28.5. The fourth-order valence-corrected chi connectivity index (χ4v) is 4.44. The van der Waals surface area contributed by atoms with Crippen molar-refractivity contribution < 1.29 is 42.7 Å². The summed E-state index contributed by atoms with van der Waals surface area (Å²) in [7, 11) is -4.62. The molecule has 0 saturated carbocycles. The van der Waals surface area contributed by atoms with E-state index in [9.17, 15) is 19.0 Å². The van der Waals surface area contributed by atoms with Crippen LogP contribution in [0.1, 0.15) is 110 Å². The van der Waals surface area contributed by atoms with Gasteiger partial charge in [0.2, 0.25) is 0 Å². The fraction of sp³-hybridized carbons (Fsp3) is 0.852. The summed E-state index contributed by atoms with van der Waals surface area (Å²) in [5.41, 5.74) is 5.27. The Hall–Kier alpha value is -1.29. The first-order chi connectivity index (χ1) is 18.2. The summed E-state index contributed by atoms with van der Waals surface area (Å²) in [6, 6.07) is -1.47. The Bertz CT molecular complexity index is 675. The Balaban J connectivity index is 4.03. The lowest BCUT2D eigenvalue weighted by atomic mass is 10.1. The number of phosphoric acid groups is 1. The second kappa shape index (κ2) is 24.7. The van der Waals surface area contributed by atoms with E-state index in [4.69, 9.17) is 24.8 Å². The second-order valence-corrected chi connectivity index (χ2v) is 10.9. The van der Waals surface area contributed by atoms with Crippen molar-refractivity contribution in [2.24, 2.45) is 5.73 Å². The van der Waals surface area contributed by atoms with Crippen molar-refractivity contribution in [1.82, 2.24) is 0 Å². The minimum Gasteiger partial charge on any atom is -0.480 e. The van der Waals surface area contributed by atoms with Gasteiger partial charge >= 0.3 is 19.8 Å². The molecule has 0 aliphatic heterocycles. The van der Waals surface area contributed by atoms with Crippen LogP contribution in [0.2, 0.25) is 0 Å². The molecule has 0 rings (SSSR count). The standard InChI is InChI=1S/C27H52NO9P/c1-3-5-6-7-8-9-10-11-12-13-14-15-16-17-18-19-26(29)35-22-24(21-34-20-4-2)37-38(32,33)36-23-25(28)27(30)31/h11-12,24-25H,3-10,13-23,28H2,1-2H3,(H,30,31)(H,32,33)/b12-11-/t24-,25+/m1/s1. The number of esters is 1. The van der Waals surface area contributed by atoms with Gasteiger partial charge < -0.3 is 25.2 Å². The molecule has 0 fully saturated rings. The number of ether oxygens (including phenoxy) is 2. The first-order valence-corrected chi connectivity index (χ1v) is 15.7. The third-order valence-electron chi connectivity index (χ3n) is 5.74. The van der Waals surface area contributed by atoms with E-state index in [1.54, 1.807) is 0 Å². The molecule has 11 heteroatoms. The van der Waals surface area contributed by atoms with Crippen molar-refractivity contribution in [3.8, 4) is 0 Å². The minimum atomic E-state index is -4.62. The molecule has 4 N–H and O–H groups in total. The molecule has 0 heterocycles. The van der Waals surface area contributed by atoms with Gasteiger partial charge in [-0.05, 0) is 38.5 Å². The summed E-state index contributed by atoms with van der Waals surface area (Å²) in [5.74, 6) is -1.80. The molecule has 0 radical (unpaired) electrons. The van der Waals surface area contributed by atoms with Crippen LogP contribution < -0.4 is 5.73 Å². The van der Waals surface area contributed by atoms with E-state index in [0.29, 0.717) is 13.0 Å². The lowest BCUT2D eigenvalue weighted by Gasteiger charge is -2.21. The Morgan fingerprint density at radius 3 is 2.00 bits per heavy atom. The number of nitrogens with two attached hydrogens (primary N) is 1. The molecule has 0 spiro atoms. The van der Waals surface area contributed by atoms with Crippen LogP contribution in [-0.4, -0.2) is 60.5 Å². The van der Waals surface area contributed by atoms with E-state index < -0.39 is 38.5 Å². The van der Waals surface area contributed by atoms with E-state index in [-0.39, 0.29) is 19.6 Å². The van der Waals surface area contributed by atoms with Crippen molar-refractivity contribution >= 4 is 19.8 Å². The number of allylic oxidation sites excluding steroid dienone is 2. The summed E-state index contributed by atoms with van der Waals surface area (Å²) in [4.78, 5) is 32.7. The second-order valence-electron chi connectivity index (χ2n) is 9.53. The number of rotatable bonds is 27. The molecule has 38 heavy (non-hydrogen) atoms. The average molecular weight is 566 g/mol. The predicted octanol–water partition coefficient (Wildman–Crippen LogP) is 5.91. The summed E-state index contributed by atoms with van der Waals surface area (Å²) in [5, 5.41) is 8.76. The van der Waals surface area contributed by atoms with Gasteiger partial charge in [-0.15, -0.1) is 0 Å². The van der Waals surface area contributed by atoms with Crippen molar-refractivity contribution in [1.29, 1.82) is 0 Å². The highest BCUT2D eigenvalue weighted by molar-refractivity contribution is 7.47. The number of carbonyl (C=O) groups is 2. The minimum absolute atomic E-state index is 0.0899. The topological polar surface area (TPSA) is 155 Å². The van der Waals surface area contributed by atoms with Gasteiger partial charge in [0.05, 0.1) is 13.2 Å². The highest BCUT2D eigenvalue weighted by atomic mass is 31.2. The molecule has 3 atom stereocenters. The molecule has 0 aromatic heterocycles. The Morgan fingerprint density at radius 2 is 1.42 bits per heavy atom. The average Bonchev–Trinajstić information content (AvgIpc) is 2.88. The summed E-state index contributed by atoms with van der Waals surface area (Å²) in [6.07, 6.45) is 19.7. The first-order valence-electron chi connectivity index (χ1n) is 14.2. The lowest BCUT2D eigenvalue weighted by molar-refractivity contribution is -0.148. The van der Waals surface area contributed by atoms with E-state index in [2.05, 4.69) is 23.6 Å². The van der Waals surface area contributed by atoms with E-state index in [1.165, 1.54) is 44.9 Å². The van der Waals surface area contributed by atoms with Gasteiger partial charge in [0.15, 0.2) is 0 Å². The van der Waals surface area contributed by atoms with Crippen LogP contribution in [0.4, 0.5) is 0 Å². The highest BCUT2D eigenvalue weighted by Gasteiger charge is 2.29. The maximum atomic E-state index is 12.1. The molecule has 0 saturated heterocycles. The fourth-order valence-electron chi connectivity index (χ4n) is 3.53. The van der Waals surface area contributed by atoms with Gasteiger partial charge in [-0.25, -0.2) is 4.57 Å². The van der Waals surface area contributed by atoms with Crippen molar-refractivity contribution in [3.63, 3.8) is 0 Å². The summed E-state index contributed by atoms with van der Waals surface area (Å²) in [6.45, 7) is 3.45. The van der Waals surface area contributed by atoms with E-state index in [0.717, 1.165) is 38.5 Å². The Kier molecular flexibility index (Phi) is 23.9. The van der Waals surface area contributed by atoms with Crippen LogP contribution in [0.25, 0.3) is 0 Å². The van der Waals surface area contributed by atoms with E-state index in [1.807, 2.05) is 6.92 Å². The normalized spacial score (nSPS) is 14.8. The third-order valence-corrected chi connectivity index (χ3v) is 6.78. The molecule has 224 valence electrons. The molecular weight excluding hydrogens is 513 g/mol. The zero-order valence-electron chi connectivity index (χ0n) is 23.5. The zero-order valence-corrected chi connectivity index (χ0v) is 24.4. The SMILES string of the molecule is CCCCCCCC/C=C\CCCCCCCC(=O)OC[C@@H](COCCC)OP(=O)(O)OC[C@H](N)C(=O)O. The molecule has 1 unspecified atom stereocenters. The molecular formula is C27H52NO9P. The van der Waals surface area contributed by atoms with Crippen LogP contribution in [0.3, 0.4) is 0 Å². The van der Waals surface area contributed by atoms with Crippen LogP contribution in [0.15, 0.2) is 12.2 Å². The molecule has 0 aromatic rings. The predicted molar refractivity (Wildman–Crippen MR) is 148 cm³/mol. The van der Waals surface area contributed by atoms with Gasteiger partial charge in [-0.2, -0.15) is 0 Å². The van der Waals surface area contributed by atoms with Gasteiger partial charge in [-0.1, -0.05) is 77.4 Å². The van der Waals surface area contributed by atoms with Crippen molar-refractivity contribution in [3.05, 3.63) is 12.2 Å².